The number of benzene rings is 2. The highest BCUT2D eigenvalue weighted by molar-refractivity contribution is 5.86. The predicted molar refractivity (Wildman–Crippen MR) is 114 cm³/mol. The van der Waals surface area contributed by atoms with Crippen LogP contribution in [-0.4, -0.2) is 52.6 Å². The van der Waals surface area contributed by atoms with E-state index in [1.165, 1.54) is 0 Å². The van der Waals surface area contributed by atoms with Gasteiger partial charge < -0.3 is 19.5 Å². The standard InChI is InChI=1S/C23H26N4O3/c1-16-8-10-17(11-9-16)21-22(30-14-20(28)26(21)2)23(29)24-12-5-13-27-15-25-18-6-3-4-7-19(18)27/h3-4,6-11,15,21-22H,5,12-14H2,1-2H3,(H,24,29). The second-order valence-corrected chi connectivity index (χ2v) is 7.66. The number of aryl methyl sites for hydroxylation is 2. The normalized spacial score (nSPS) is 19.3. The first-order valence-corrected chi connectivity index (χ1v) is 10.2. The maximum absolute atomic E-state index is 12.9. The molecule has 0 radical (unpaired) electrons. The van der Waals surface area contributed by atoms with Crippen molar-refractivity contribution in [3.8, 4) is 0 Å². The first kappa shape index (κ1) is 20.1. The fourth-order valence-corrected chi connectivity index (χ4v) is 3.84. The molecule has 156 valence electrons. The third-order valence-corrected chi connectivity index (χ3v) is 5.56. The number of aromatic nitrogens is 2. The molecule has 1 aliphatic heterocycles. The molecule has 0 bridgehead atoms. The number of hydrogen-bond acceptors (Lipinski definition) is 4. The van der Waals surface area contributed by atoms with Crippen molar-refractivity contribution in [1.82, 2.24) is 19.8 Å². The number of hydrogen-bond donors (Lipinski definition) is 1. The summed E-state index contributed by atoms with van der Waals surface area (Å²) in [5, 5.41) is 2.97. The van der Waals surface area contributed by atoms with Crippen molar-refractivity contribution < 1.29 is 14.3 Å². The zero-order valence-corrected chi connectivity index (χ0v) is 17.2. The highest BCUT2D eigenvalue weighted by Gasteiger charge is 2.39. The van der Waals surface area contributed by atoms with Crippen LogP contribution in [-0.2, 0) is 20.9 Å². The molecule has 1 N–H and O–H groups in total. The summed E-state index contributed by atoms with van der Waals surface area (Å²) in [6, 6.07) is 15.4. The minimum atomic E-state index is -0.732. The molecular formula is C23H26N4O3. The van der Waals surface area contributed by atoms with E-state index in [1.54, 1.807) is 11.9 Å². The number of nitrogens with one attached hydrogen (secondary N) is 1. The van der Waals surface area contributed by atoms with Gasteiger partial charge in [-0.25, -0.2) is 4.98 Å². The Hall–Kier alpha value is -3.19. The summed E-state index contributed by atoms with van der Waals surface area (Å²) >= 11 is 0. The zero-order valence-electron chi connectivity index (χ0n) is 17.2. The van der Waals surface area contributed by atoms with E-state index in [-0.39, 0.29) is 18.4 Å². The van der Waals surface area contributed by atoms with Gasteiger partial charge in [0, 0.05) is 20.1 Å². The van der Waals surface area contributed by atoms with Gasteiger partial charge in [-0.3, -0.25) is 9.59 Å². The first-order valence-electron chi connectivity index (χ1n) is 10.2. The Morgan fingerprint density at radius 1 is 1.20 bits per heavy atom. The zero-order chi connectivity index (χ0) is 21.1. The number of ether oxygens (including phenoxy) is 1. The monoisotopic (exact) mass is 406 g/mol. The van der Waals surface area contributed by atoms with Crippen molar-refractivity contribution in [2.24, 2.45) is 0 Å². The number of fused-ring (bicyclic) bond motifs is 1. The molecule has 7 nitrogen and oxygen atoms in total. The lowest BCUT2D eigenvalue weighted by Gasteiger charge is -2.38. The van der Waals surface area contributed by atoms with Gasteiger partial charge in [0.25, 0.3) is 5.91 Å². The number of likely N-dealkylation sites (N-methyl/N-ethyl adjacent to an activating group) is 1. The maximum atomic E-state index is 12.9. The molecule has 4 rings (SSSR count). The van der Waals surface area contributed by atoms with Gasteiger partial charge in [-0.1, -0.05) is 42.0 Å². The number of amides is 2. The highest BCUT2D eigenvalue weighted by atomic mass is 16.5. The van der Waals surface area contributed by atoms with Crippen LogP contribution in [0.5, 0.6) is 0 Å². The second kappa shape index (κ2) is 8.67. The number of imidazole rings is 1. The molecule has 2 heterocycles. The molecule has 1 fully saturated rings. The van der Waals surface area contributed by atoms with Gasteiger partial charge in [-0.05, 0) is 31.0 Å². The van der Waals surface area contributed by atoms with E-state index >= 15 is 0 Å². The van der Waals surface area contributed by atoms with Crippen LogP contribution in [0.3, 0.4) is 0 Å². The van der Waals surface area contributed by atoms with Crippen LogP contribution in [0, 0.1) is 6.92 Å². The highest BCUT2D eigenvalue weighted by Crippen LogP contribution is 2.29. The average Bonchev–Trinajstić information content (AvgIpc) is 3.17. The molecule has 2 amide bonds. The van der Waals surface area contributed by atoms with Crippen molar-refractivity contribution in [1.29, 1.82) is 0 Å². The van der Waals surface area contributed by atoms with E-state index < -0.39 is 12.1 Å². The molecule has 2 atom stereocenters. The fraction of sp³-hybridized carbons (Fsp3) is 0.348. The molecule has 1 aromatic heterocycles. The van der Waals surface area contributed by atoms with E-state index in [1.807, 2.05) is 61.8 Å². The summed E-state index contributed by atoms with van der Waals surface area (Å²) in [5.41, 5.74) is 4.06. The van der Waals surface area contributed by atoms with Crippen molar-refractivity contribution in [3.05, 3.63) is 66.0 Å². The molecule has 2 unspecified atom stereocenters. The molecule has 2 aromatic carbocycles. The van der Waals surface area contributed by atoms with Crippen LogP contribution in [0.4, 0.5) is 0 Å². The molecular weight excluding hydrogens is 380 g/mol. The van der Waals surface area contributed by atoms with Crippen LogP contribution < -0.4 is 5.32 Å². The number of para-hydroxylation sites is 2. The molecule has 3 aromatic rings. The van der Waals surface area contributed by atoms with Crippen LogP contribution in [0.2, 0.25) is 0 Å². The maximum Gasteiger partial charge on any atom is 0.251 e. The van der Waals surface area contributed by atoms with Crippen LogP contribution >= 0.6 is 0 Å². The van der Waals surface area contributed by atoms with Gasteiger partial charge >= 0.3 is 0 Å². The van der Waals surface area contributed by atoms with E-state index in [0.717, 1.165) is 35.1 Å². The fourth-order valence-electron chi connectivity index (χ4n) is 3.84. The Balaban J connectivity index is 1.38. The number of carbonyl (C=O) groups is 2. The summed E-state index contributed by atoms with van der Waals surface area (Å²) < 4.78 is 7.75. The number of nitrogens with zero attached hydrogens (tertiary/aromatic N) is 3. The van der Waals surface area contributed by atoms with Gasteiger partial charge in [0.05, 0.1) is 23.4 Å². The van der Waals surface area contributed by atoms with E-state index in [0.29, 0.717) is 6.54 Å². The molecule has 30 heavy (non-hydrogen) atoms. The van der Waals surface area contributed by atoms with Crippen molar-refractivity contribution in [2.75, 3.05) is 20.2 Å². The second-order valence-electron chi connectivity index (χ2n) is 7.66. The Kier molecular flexibility index (Phi) is 5.81. The van der Waals surface area contributed by atoms with E-state index in [4.69, 9.17) is 4.74 Å². The molecule has 0 saturated carbocycles. The van der Waals surface area contributed by atoms with Gasteiger partial charge in [0.2, 0.25) is 5.91 Å². The number of rotatable bonds is 6. The Labute approximate surface area is 175 Å². The van der Waals surface area contributed by atoms with Gasteiger partial charge in [-0.15, -0.1) is 0 Å². The Morgan fingerprint density at radius 2 is 1.97 bits per heavy atom. The molecule has 1 saturated heterocycles. The summed E-state index contributed by atoms with van der Waals surface area (Å²) in [6.07, 6.45) is 1.86. The number of morpholine rings is 1. The topological polar surface area (TPSA) is 76.5 Å². The summed E-state index contributed by atoms with van der Waals surface area (Å²) in [7, 11) is 1.72. The van der Waals surface area contributed by atoms with Crippen molar-refractivity contribution in [2.45, 2.75) is 32.0 Å². The van der Waals surface area contributed by atoms with Gasteiger partial charge in [-0.2, -0.15) is 0 Å². The summed E-state index contributed by atoms with van der Waals surface area (Å²) in [5.74, 6) is -0.327. The lowest BCUT2D eigenvalue weighted by Crippen LogP contribution is -2.53. The minimum absolute atomic E-state index is 0.0853. The predicted octanol–water partition coefficient (Wildman–Crippen LogP) is 2.45. The van der Waals surface area contributed by atoms with Crippen molar-refractivity contribution in [3.63, 3.8) is 0 Å². The molecule has 0 spiro atoms. The van der Waals surface area contributed by atoms with Gasteiger partial charge in [0.1, 0.15) is 6.61 Å². The van der Waals surface area contributed by atoms with Crippen LogP contribution in [0.1, 0.15) is 23.6 Å². The summed E-state index contributed by atoms with van der Waals surface area (Å²) in [4.78, 5) is 31.1. The minimum Gasteiger partial charge on any atom is -0.356 e. The van der Waals surface area contributed by atoms with Crippen molar-refractivity contribution >= 4 is 22.8 Å². The largest absolute Gasteiger partial charge is 0.356 e. The van der Waals surface area contributed by atoms with E-state index in [2.05, 4.69) is 14.9 Å². The van der Waals surface area contributed by atoms with Crippen LogP contribution in [0.15, 0.2) is 54.9 Å². The molecule has 1 aliphatic rings. The van der Waals surface area contributed by atoms with Gasteiger partial charge in [0.15, 0.2) is 6.10 Å². The third-order valence-electron chi connectivity index (χ3n) is 5.56. The lowest BCUT2D eigenvalue weighted by molar-refractivity contribution is -0.162. The van der Waals surface area contributed by atoms with E-state index in [9.17, 15) is 9.59 Å². The summed E-state index contributed by atoms with van der Waals surface area (Å²) in [6.45, 7) is 3.19. The average molecular weight is 406 g/mol. The molecule has 7 heteroatoms. The lowest BCUT2D eigenvalue weighted by atomic mass is 9.96. The molecule has 0 aliphatic carbocycles. The first-order chi connectivity index (χ1) is 14.5. The third kappa shape index (κ3) is 4.07. The number of carbonyl (C=O) groups excluding carboxylic acids is 2. The Morgan fingerprint density at radius 3 is 2.77 bits per heavy atom. The smallest absolute Gasteiger partial charge is 0.251 e. The Bertz CT molecular complexity index is 1040. The van der Waals surface area contributed by atoms with Crippen LogP contribution in [0.25, 0.3) is 11.0 Å². The SMILES string of the molecule is Cc1ccc(C2C(C(=O)NCCCn3cnc4ccccc43)OCC(=O)N2C)cc1. The quantitative estimate of drug-likeness (QED) is 0.638.